The number of hydrogen-bond donors (Lipinski definition) is 1. The van der Waals surface area contributed by atoms with Gasteiger partial charge in [-0.3, -0.25) is 0 Å². The number of anilines is 1. The molecule has 128 valence electrons. The number of aryl methyl sites for hydroxylation is 1. The Morgan fingerprint density at radius 1 is 1.04 bits per heavy atom. The SMILES string of the molecule is C=CC(CCCCS(=O)(=O)c1ccc(C)cc1)Nc1ccccc1. The van der Waals surface area contributed by atoms with Crippen molar-refractivity contribution in [2.45, 2.75) is 37.1 Å². The van der Waals surface area contributed by atoms with Crippen molar-refractivity contribution < 1.29 is 8.42 Å². The van der Waals surface area contributed by atoms with Crippen molar-refractivity contribution >= 4 is 15.5 Å². The molecule has 4 heteroatoms. The molecular weight excluding hydrogens is 318 g/mol. The van der Waals surface area contributed by atoms with Crippen molar-refractivity contribution in [3.05, 3.63) is 72.8 Å². The van der Waals surface area contributed by atoms with Crippen molar-refractivity contribution in [3.8, 4) is 0 Å². The highest BCUT2D eigenvalue weighted by atomic mass is 32.2. The van der Waals surface area contributed by atoms with Crippen LogP contribution in [0.1, 0.15) is 24.8 Å². The Morgan fingerprint density at radius 3 is 2.33 bits per heavy atom. The first-order valence-corrected chi connectivity index (χ1v) is 9.90. The zero-order valence-corrected chi connectivity index (χ0v) is 14.9. The molecule has 1 unspecified atom stereocenters. The van der Waals surface area contributed by atoms with Gasteiger partial charge >= 0.3 is 0 Å². The zero-order valence-electron chi connectivity index (χ0n) is 14.1. The lowest BCUT2D eigenvalue weighted by Gasteiger charge is -2.16. The van der Waals surface area contributed by atoms with E-state index in [0.29, 0.717) is 11.3 Å². The smallest absolute Gasteiger partial charge is 0.178 e. The minimum Gasteiger partial charge on any atom is -0.379 e. The highest BCUT2D eigenvalue weighted by Gasteiger charge is 2.14. The Kier molecular flexibility index (Phi) is 6.62. The van der Waals surface area contributed by atoms with Crippen molar-refractivity contribution in [1.29, 1.82) is 0 Å². The van der Waals surface area contributed by atoms with Crippen molar-refractivity contribution in [2.75, 3.05) is 11.1 Å². The number of rotatable bonds is 9. The molecule has 0 saturated carbocycles. The highest BCUT2D eigenvalue weighted by Crippen LogP contribution is 2.16. The van der Waals surface area contributed by atoms with Gasteiger partial charge < -0.3 is 5.32 Å². The van der Waals surface area contributed by atoms with Crippen LogP contribution in [-0.2, 0) is 9.84 Å². The molecule has 0 amide bonds. The highest BCUT2D eigenvalue weighted by molar-refractivity contribution is 7.91. The van der Waals surface area contributed by atoms with Crippen LogP contribution in [0, 0.1) is 6.92 Å². The molecule has 0 heterocycles. The second-order valence-corrected chi connectivity index (χ2v) is 8.09. The third-order valence-corrected chi connectivity index (χ3v) is 5.79. The molecule has 0 aromatic heterocycles. The first kappa shape index (κ1) is 18.3. The van der Waals surface area contributed by atoms with Gasteiger partial charge in [0.2, 0.25) is 0 Å². The normalized spacial score (nSPS) is 12.5. The first-order chi connectivity index (χ1) is 11.5. The van der Waals surface area contributed by atoms with Gasteiger partial charge in [0, 0.05) is 11.7 Å². The lowest BCUT2D eigenvalue weighted by molar-refractivity contribution is 0.588. The molecule has 0 aliphatic rings. The summed E-state index contributed by atoms with van der Waals surface area (Å²) in [6.45, 7) is 5.81. The molecular formula is C20H25NO2S. The van der Waals surface area contributed by atoms with Gasteiger partial charge in [-0.1, -0.05) is 48.4 Å². The van der Waals surface area contributed by atoms with Gasteiger partial charge in [0.05, 0.1) is 10.6 Å². The van der Waals surface area contributed by atoms with Crippen LogP contribution in [0.5, 0.6) is 0 Å². The average Bonchev–Trinajstić information content (AvgIpc) is 2.59. The van der Waals surface area contributed by atoms with Crippen molar-refractivity contribution in [2.24, 2.45) is 0 Å². The summed E-state index contributed by atoms with van der Waals surface area (Å²) in [6, 6.07) is 17.2. The summed E-state index contributed by atoms with van der Waals surface area (Å²) in [4.78, 5) is 0.413. The van der Waals surface area contributed by atoms with Crippen molar-refractivity contribution in [3.63, 3.8) is 0 Å². The van der Waals surface area contributed by atoms with E-state index in [4.69, 9.17) is 0 Å². The molecule has 0 spiro atoms. The Balaban J connectivity index is 1.80. The van der Waals surface area contributed by atoms with E-state index in [0.717, 1.165) is 24.1 Å². The van der Waals surface area contributed by atoms with Crippen molar-refractivity contribution in [1.82, 2.24) is 0 Å². The fourth-order valence-corrected chi connectivity index (χ4v) is 3.89. The third kappa shape index (κ3) is 5.53. The summed E-state index contributed by atoms with van der Waals surface area (Å²) in [6.07, 6.45) is 4.22. The van der Waals surface area contributed by atoms with Crippen LogP contribution in [0.25, 0.3) is 0 Å². The second kappa shape index (κ2) is 8.69. The van der Waals surface area contributed by atoms with Gasteiger partial charge in [-0.05, 0) is 44.0 Å². The minimum atomic E-state index is -3.19. The lowest BCUT2D eigenvalue weighted by atomic mass is 10.1. The summed E-state index contributed by atoms with van der Waals surface area (Å²) in [5.74, 6) is 0.186. The Bertz CT molecular complexity index is 737. The van der Waals surface area contributed by atoms with Crippen LogP contribution in [0.4, 0.5) is 5.69 Å². The minimum absolute atomic E-state index is 0.148. The van der Waals surface area contributed by atoms with Crippen LogP contribution in [-0.4, -0.2) is 20.2 Å². The average molecular weight is 343 g/mol. The molecule has 0 fully saturated rings. The van der Waals surface area contributed by atoms with E-state index in [1.165, 1.54) is 0 Å². The Labute approximate surface area is 145 Å². The molecule has 2 aromatic carbocycles. The van der Waals surface area contributed by atoms with Crippen LogP contribution >= 0.6 is 0 Å². The Hall–Kier alpha value is -2.07. The van der Waals surface area contributed by atoms with E-state index in [-0.39, 0.29) is 11.8 Å². The summed E-state index contributed by atoms with van der Waals surface area (Å²) in [5, 5.41) is 3.40. The summed E-state index contributed by atoms with van der Waals surface area (Å²) < 4.78 is 24.6. The maximum absolute atomic E-state index is 12.3. The summed E-state index contributed by atoms with van der Waals surface area (Å²) in [5.41, 5.74) is 2.12. The van der Waals surface area contributed by atoms with E-state index < -0.39 is 9.84 Å². The molecule has 1 atom stereocenters. The van der Waals surface area contributed by atoms with Gasteiger partial charge in [-0.25, -0.2) is 8.42 Å². The monoisotopic (exact) mass is 343 g/mol. The molecule has 0 aliphatic heterocycles. The quantitative estimate of drug-likeness (QED) is 0.534. The topological polar surface area (TPSA) is 46.2 Å². The number of unbranched alkanes of at least 4 members (excludes halogenated alkanes) is 1. The van der Waals surface area contributed by atoms with Gasteiger partial charge in [-0.2, -0.15) is 0 Å². The second-order valence-electron chi connectivity index (χ2n) is 5.98. The number of para-hydroxylation sites is 1. The van der Waals surface area contributed by atoms with Gasteiger partial charge in [-0.15, -0.1) is 6.58 Å². The van der Waals surface area contributed by atoms with Crippen LogP contribution in [0.2, 0.25) is 0 Å². The predicted molar refractivity (Wildman–Crippen MR) is 101 cm³/mol. The van der Waals surface area contributed by atoms with E-state index in [2.05, 4.69) is 11.9 Å². The molecule has 0 aliphatic carbocycles. The van der Waals surface area contributed by atoms with Crippen LogP contribution in [0.3, 0.4) is 0 Å². The van der Waals surface area contributed by atoms with E-state index in [1.54, 1.807) is 12.1 Å². The van der Waals surface area contributed by atoms with Crippen LogP contribution in [0.15, 0.2) is 72.1 Å². The van der Waals surface area contributed by atoms with Gasteiger partial charge in [0.1, 0.15) is 0 Å². The Morgan fingerprint density at radius 2 is 1.71 bits per heavy atom. The predicted octanol–water partition coefficient (Wildman–Crippen LogP) is 4.61. The molecule has 0 saturated heterocycles. The number of sulfone groups is 1. The van der Waals surface area contributed by atoms with Crippen LogP contribution < -0.4 is 5.32 Å². The first-order valence-electron chi connectivity index (χ1n) is 8.25. The molecule has 3 nitrogen and oxygen atoms in total. The summed E-state index contributed by atoms with van der Waals surface area (Å²) in [7, 11) is -3.19. The van der Waals surface area contributed by atoms with E-state index in [1.807, 2.05) is 55.5 Å². The fourth-order valence-electron chi connectivity index (χ4n) is 2.52. The number of benzene rings is 2. The van der Waals surface area contributed by atoms with E-state index >= 15 is 0 Å². The fraction of sp³-hybridized carbons (Fsp3) is 0.300. The molecule has 0 bridgehead atoms. The molecule has 1 N–H and O–H groups in total. The maximum Gasteiger partial charge on any atom is 0.178 e. The maximum atomic E-state index is 12.3. The number of hydrogen-bond acceptors (Lipinski definition) is 3. The largest absolute Gasteiger partial charge is 0.379 e. The zero-order chi connectivity index (χ0) is 17.4. The summed E-state index contributed by atoms with van der Waals surface area (Å²) >= 11 is 0. The molecule has 24 heavy (non-hydrogen) atoms. The standard InChI is InChI=1S/C20H25NO2S/c1-3-18(21-19-10-5-4-6-11-19)9-7-8-16-24(22,23)20-14-12-17(2)13-15-20/h3-6,10-15,18,21H,1,7-9,16H2,2H3. The molecule has 2 aromatic rings. The molecule has 2 rings (SSSR count). The third-order valence-electron chi connectivity index (χ3n) is 3.97. The lowest BCUT2D eigenvalue weighted by Crippen LogP contribution is -2.17. The molecule has 0 radical (unpaired) electrons. The number of nitrogens with one attached hydrogen (secondary N) is 1. The van der Waals surface area contributed by atoms with E-state index in [9.17, 15) is 8.42 Å². The van der Waals surface area contributed by atoms with Gasteiger partial charge in [0.15, 0.2) is 9.84 Å². The van der Waals surface area contributed by atoms with Gasteiger partial charge in [0.25, 0.3) is 0 Å².